The average molecular weight is 386 g/mol. The number of anilines is 1. The van der Waals surface area contributed by atoms with Crippen LogP contribution >= 0.6 is 11.3 Å². The number of halogens is 1. The molecule has 0 unspecified atom stereocenters. The summed E-state index contributed by atoms with van der Waals surface area (Å²) in [6.07, 6.45) is 0.794. The van der Waals surface area contributed by atoms with Crippen LogP contribution in [-0.2, 0) is 11.2 Å². The highest BCUT2D eigenvalue weighted by molar-refractivity contribution is 7.22. The molecule has 0 atom stereocenters. The lowest BCUT2D eigenvalue weighted by atomic mass is 10.0. The monoisotopic (exact) mass is 386 g/mol. The first kappa shape index (κ1) is 17.7. The zero-order valence-corrected chi connectivity index (χ0v) is 16.1. The molecule has 27 heavy (non-hydrogen) atoms. The molecule has 2 heterocycles. The predicted molar refractivity (Wildman–Crippen MR) is 103 cm³/mol. The second kappa shape index (κ2) is 6.49. The van der Waals surface area contributed by atoms with E-state index in [1.807, 2.05) is 39.0 Å². The van der Waals surface area contributed by atoms with Gasteiger partial charge in [0.1, 0.15) is 11.1 Å². The number of para-hydroxylation sites is 1. The average Bonchev–Trinajstić information content (AvgIpc) is 3.11. The summed E-state index contributed by atoms with van der Waals surface area (Å²) in [5, 5.41) is 3.01. The van der Waals surface area contributed by atoms with Gasteiger partial charge in [-0.1, -0.05) is 23.5 Å². The summed E-state index contributed by atoms with van der Waals surface area (Å²) in [5.74, 6) is 0.477. The summed E-state index contributed by atoms with van der Waals surface area (Å²) in [6, 6.07) is 8.93. The molecule has 0 radical (unpaired) electrons. The number of carbonyl (C=O) groups excluding carboxylic acids is 1. The number of nitrogens with zero attached hydrogens (tertiary/aromatic N) is 1. The van der Waals surface area contributed by atoms with Gasteiger partial charge in [-0.05, 0) is 44.5 Å². The summed E-state index contributed by atoms with van der Waals surface area (Å²) < 4.78 is 26.2. The normalized spacial score (nSPS) is 14.7. The molecule has 0 saturated carbocycles. The summed E-state index contributed by atoms with van der Waals surface area (Å²) in [6.45, 7) is 5.66. The molecule has 0 spiro atoms. The van der Waals surface area contributed by atoms with Crippen LogP contribution in [0.4, 0.5) is 9.52 Å². The third-order valence-electron chi connectivity index (χ3n) is 4.25. The molecule has 0 bridgehead atoms. The Kier molecular flexibility index (Phi) is 4.26. The molecule has 2 aromatic carbocycles. The van der Waals surface area contributed by atoms with Gasteiger partial charge in [0.05, 0.1) is 4.70 Å². The molecule has 1 amide bonds. The number of ether oxygens (including phenoxy) is 2. The van der Waals surface area contributed by atoms with Crippen molar-refractivity contribution < 1.29 is 18.7 Å². The van der Waals surface area contributed by atoms with Crippen molar-refractivity contribution in [2.45, 2.75) is 32.8 Å². The summed E-state index contributed by atoms with van der Waals surface area (Å²) in [5.41, 5.74) is 1.85. The number of carbonyl (C=O) groups is 1. The van der Waals surface area contributed by atoms with Crippen molar-refractivity contribution in [2.75, 3.05) is 11.9 Å². The van der Waals surface area contributed by atoms with Crippen molar-refractivity contribution in [2.24, 2.45) is 0 Å². The Morgan fingerprint density at radius 3 is 3.04 bits per heavy atom. The number of nitrogens with one attached hydrogen (secondary N) is 1. The van der Waals surface area contributed by atoms with Gasteiger partial charge in [0, 0.05) is 12.0 Å². The summed E-state index contributed by atoms with van der Waals surface area (Å²) in [7, 11) is 0. The zero-order chi connectivity index (χ0) is 19.2. The Balaban J connectivity index is 1.44. The number of hydrogen-bond acceptors (Lipinski definition) is 5. The lowest BCUT2D eigenvalue weighted by molar-refractivity contribution is -0.118. The first-order chi connectivity index (χ1) is 12.8. The Bertz CT molecular complexity index is 1050. The number of thiazole rings is 1. The molecule has 0 saturated heterocycles. The second-order valence-corrected chi connectivity index (χ2v) is 8.26. The van der Waals surface area contributed by atoms with Gasteiger partial charge in [-0.15, -0.1) is 0 Å². The van der Waals surface area contributed by atoms with Crippen molar-refractivity contribution in [3.05, 3.63) is 47.3 Å². The van der Waals surface area contributed by atoms with Crippen molar-refractivity contribution >= 4 is 32.6 Å². The molecule has 0 aliphatic carbocycles. The lowest BCUT2D eigenvalue weighted by Crippen LogP contribution is -2.25. The third-order valence-corrected chi connectivity index (χ3v) is 5.17. The highest BCUT2D eigenvalue weighted by Gasteiger charge is 2.32. The molecule has 7 heteroatoms. The van der Waals surface area contributed by atoms with E-state index >= 15 is 0 Å². The highest BCUT2D eigenvalue weighted by atomic mass is 32.1. The number of aryl methyl sites for hydroxylation is 1. The molecule has 1 aromatic heterocycles. The van der Waals surface area contributed by atoms with E-state index < -0.39 is 5.82 Å². The minimum absolute atomic E-state index is 0.183. The van der Waals surface area contributed by atoms with Crippen LogP contribution in [0, 0.1) is 12.7 Å². The van der Waals surface area contributed by atoms with Gasteiger partial charge in [-0.3, -0.25) is 10.1 Å². The SMILES string of the molecule is Cc1cc(F)c2nc(NC(=O)COc3cccc4c3OC(C)(C)C4)sc2c1. The highest BCUT2D eigenvalue weighted by Crippen LogP contribution is 2.41. The van der Waals surface area contributed by atoms with Gasteiger partial charge in [0.2, 0.25) is 0 Å². The van der Waals surface area contributed by atoms with Crippen LogP contribution in [0.2, 0.25) is 0 Å². The van der Waals surface area contributed by atoms with E-state index in [0.29, 0.717) is 21.3 Å². The van der Waals surface area contributed by atoms with E-state index in [1.54, 1.807) is 6.07 Å². The fourth-order valence-corrected chi connectivity index (χ4v) is 4.17. The van der Waals surface area contributed by atoms with Crippen LogP contribution in [-0.4, -0.2) is 23.1 Å². The van der Waals surface area contributed by atoms with Crippen molar-refractivity contribution in [3.63, 3.8) is 0 Å². The lowest BCUT2D eigenvalue weighted by Gasteiger charge is -2.18. The number of amides is 1. The first-order valence-corrected chi connectivity index (χ1v) is 9.43. The van der Waals surface area contributed by atoms with E-state index in [1.165, 1.54) is 17.4 Å². The quantitative estimate of drug-likeness (QED) is 0.718. The molecule has 4 rings (SSSR count). The predicted octanol–water partition coefficient (Wildman–Crippen LogP) is 4.47. The standard InChI is InChI=1S/C20H19FN2O3S/c1-11-7-13(21)17-15(8-11)27-19(23-17)22-16(24)10-25-14-6-4-5-12-9-20(2,3)26-18(12)14/h4-8H,9-10H2,1-3H3,(H,22,23,24). The first-order valence-electron chi connectivity index (χ1n) is 8.61. The van der Waals surface area contributed by atoms with Crippen molar-refractivity contribution in [1.29, 1.82) is 0 Å². The molecule has 3 aromatic rings. The van der Waals surface area contributed by atoms with Crippen molar-refractivity contribution in [1.82, 2.24) is 4.98 Å². The maximum absolute atomic E-state index is 13.9. The van der Waals surface area contributed by atoms with Gasteiger partial charge < -0.3 is 9.47 Å². The second-order valence-electron chi connectivity index (χ2n) is 7.23. The molecule has 5 nitrogen and oxygen atoms in total. The van der Waals surface area contributed by atoms with E-state index in [4.69, 9.17) is 9.47 Å². The van der Waals surface area contributed by atoms with Gasteiger partial charge >= 0.3 is 0 Å². The fourth-order valence-electron chi connectivity index (χ4n) is 3.17. The number of hydrogen-bond donors (Lipinski definition) is 1. The number of rotatable bonds is 4. The Morgan fingerprint density at radius 1 is 1.41 bits per heavy atom. The molecule has 1 aliphatic rings. The van der Waals surface area contributed by atoms with E-state index in [0.717, 1.165) is 17.5 Å². The topological polar surface area (TPSA) is 60.5 Å². The Labute approximate surface area is 160 Å². The van der Waals surface area contributed by atoms with Crippen LogP contribution in [0.25, 0.3) is 10.2 Å². The van der Waals surface area contributed by atoms with Crippen LogP contribution in [0.3, 0.4) is 0 Å². The number of aromatic nitrogens is 1. The minimum Gasteiger partial charge on any atom is -0.483 e. The fraction of sp³-hybridized carbons (Fsp3) is 0.300. The summed E-state index contributed by atoms with van der Waals surface area (Å²) in [4.78, 5) is 16.4. The number of benzene rings is 2. The van der Waals surface area contributed by atoms with Crippen LogP contribution in [0.5, 0.6) is 11.5 Å². The minimum atomic E-state index is -0.391. The van der Waals surface area contributed by atoms with Crippen LogP contribution in [0.15, 0.2) is 30.3 Å². The Morgan fingerprint density at radius 2 is 2.22 bits per heavy atom. The molecule has 1 aliphatic heterocycles. The molecular formula is C20H19FN2O3S. The molecular weight excluding hydrogens is 367 g/mol. The molecule has 0 fully saturated rings. The van der Waals surface area contributed by atoms with E-state index in [9.17, 15) is 9.18 Å². The number of fused-ring (bicyclic) bond motifs is 2. The molecule has 1 N–H and O–H groups in total. The van der Waals surface area contributed by atoms with E-state index in [2.05, 4.69) is 10.3 Å². The smallest absolute Gasteiger partial charge is 0.264 e. The van der Waals surface area contributed by atoms with Crippen LogP contribution in [0.1, 0.15) is 25.0 Å². The van der Waals surface area contributed by atoms with Gasteiger partial charge in [0.15, 0.2) is 29.1 Å². The Hall–Kier alpha value is -2.67. The van der Waals surface area contributed by atoms with Gasteiger partial charge in [-0.25, -0.2) is 9.37 Å². The maximum atomic E-state index is 13.9. The van der Waals surface area contributed by atoms with E-state index in [-0.39, 0.29) is 23.6 Å². The maximum Gasteiger partial charge on any atom is 0.264 e. The third kappa shape index (κ3) is 3.60. The van der Waals surface area contributed by atoms with Gasteiger partial charge in [0.25, 0.3) is 5.91 Å². The summed E-state index contributed by atoms with van der Waals surface area (Å²) >= 11 is 1.23. The zero-order valence-electron chi connectivity index (χ0n) is 15.3. The largest absolute Gasteiger partial charge is 0.483 e. The van der Waals surface area contributed by atoms with Crippen molar-refractivity contribution in [3.8, 4) is 11.5 Å². The molecule has 140 valence electrons. The van der Waals surface area contributed by atoms with Crippen LogP contribution < -0.4 is 14.8 Å². The van der Waals surface area contributed by atoms with Gasteiger partial charge in [-0.2, -0.15) is 0 Å².